The second kappa shape index (κ2) is 9.20. The van der Waals surface area contributed by atoms with E-state index in [1.54, 1.807) is 24.7 Å². The third-order valence-corrected chi connectivity index (χ3v) is 6.37. The molecule has 0 bridgehead atoms. The van der Waals surface area contributed by atoms with Gasteiger partial charge in [0.2, 0.25) is 0 Å². The summed E-state index contributed by atoms with van der Waals surface area (Å²) >= 11 is 0. The fourth-order valence-electron chi connectivity index (χ4n) is 4.68. The fraction of sp³-hybridized carbons (Fsp3) is 0.143. The number of hydrogen-bond donors (Lipinski definition) is 3. The highest BCUT2D eigenvalue weighted by Crippen LogP contribution is 2.35. The molecular formula is C28H25FN8. The maximum atomic E-state index is 14.7. The molecule has 0 spiro atoms. The summed E-state index contributed by atoms with van der Waals surface area (Å²) in [6.45, 7) is 0.622. The summed E-state index contributed by atoms with van der Waals surface area (Å²) in [6, 6.07) is 16.5. The van der Waals surface area contributed by atoms with Gasteiger partial charge in [0, 0.05) is 35.9 Å². The molecule has 4 heterocycles. The first-order valence-corrected chi connectivity index (χ1v) is 11.9. The molecular weight excluding hydrogens is 467 g/mol. The van der Waals surface area contributed by atoms with Crippen molar-refractivity contribution in [1.29, 1.82) is 0 Å². The Morgan fingerprint density at radius 1 is 1.00 bits per heavy atom. The first kappa shape index (κ1) is 23.0. The molecule has 0 aliphatic rings. The van der Waals surface area contributed by atoms with Gasteiger partial charge in [0.15, 0.2) is 0 Å². The Kier molecular flexibility index (Phi) is 5.71. The molecule has 4 N–H and O–H groups in total. The van der Waals surface area contributed by atoms with Gasteiger partial charge in [-0.05, 0) is 73.3 Å². The zero-order valence-electron chi connectivity index (χ0n) is 20.4. The Morgan fingerprint density at radius 2 is 1.89 bits per heavy atom. The van der Waals surface area contributed by atoms with Gasteiger partial charge in [-0.3, -0.25) is 15.1 Å². The van der Waals surface area contributed by atoms with Gasteiger partial charge in [-0.25, -0.2) is 9.37 Å². The number of nitrogens with two attached hydrogens (primary N) is 1. The Bertz CT molecular complexity index is 1720. The molecule has 0 amide bonds. The van der Waals surface area contributed by atoms with E-state index in [1.807, 2.05) is 61.5 Å². The van der Waals surface area contributed by atoms with E-state index < -0.39 is 0 Å². The number of likely N-dealkylation sites (N-methyl/N-ethyl adjacent to an activating group) is 1. The van der Waals surface area contributed by atoms with E-state index in [4.69, 9.17) is 10.7 Å². The lowest BCUT2D eigenvalue weighted by Crippen LogP contribution is -2.26. The van der Waals surface area contributed by atoms with Crippen LogP contribution in [-0.2, 0) is 0 Å². The predicted octanol–water partition coefficient (Wildman–Crippen LogP) is 4.93. The first-order chi connectivity index (χ1) is 18.0. The Balaban J connectivity index is 1.45. The van der Waals surface area contributed by atoms with Gasteiger partial charge >= 0.3 is 0 Å². The van der Waals surface area contributed by atoms with Crippen molar-refractivity contribution in [3.63, 3.8) is 0 Å². The van der Waals surface area contributed by atoms with Crippen molar-refractivity contribution in [2.24, 2.45) is 5.73 Å². The molecule has 2 aromatic carbocycles. The van der Waals surface area contributed by atoms with Crippen LogP contribution < -0.4 is 5.73 Å². The van der Waals surface area contributed by atoms with E-state index in [2.05, 4.69) is 25.1 Å². The quantitative estimate of drug-likeness (QED) is 0.304. The SMILES string of the molecule is CN(C)CC(N)c1cc(F)cc(-c2cccc3[nH]c(-c4n[nH]c5ccc(-c6cnccn6)nc45)cc23)c1. The van der Waals surface area contributed by atoms with Crippen LogP contribution in [0.2, 0.25) is 0 Å². The Morgan fingerprint density at radius 3 is 2.70 bits per heavy atom. The summed E-state index contributed by atoms with van der Waals surface area (Å²) < 4.78 is 14.7. The van der Waals surface area contributed by atoms with Crippen LogP contribution in [0, 0.1) is 5.82 Å². The average Bonchev–Trinajstić information content (AvgIpc) is 3.52. The molecule has 6 rings (SSSR count). The van der Waals surface area contributed by atoms with Crippen molar-refractivity contribution in [1.82, 2.24) is 35.0 Å². The number of H-pyrrole nitrogens is 2. The van der Waals surface area contributed by atoms with Gasteiger partial charge in [0.05, 0.1) is 23.1 Å². The van der Waals surface area contributed by atoms with Gasteiger partial charge in [-0.2, -0.15) is 5.10 Å². The topological polar surface area (TPSA) is 112 Å². The Hall–Kier alpha value is -4.47. The van der Waals surface area contributed by atoms with Gasteiger partial charge in [0.25, 0.3) is 0 Å². The number of aromatic nitrogens is 6. The molecule has 1 unspecified atom stereocenters. The van der Waals surface area contributed by atoms with E-state index in [9.17, 15) is 4.39 Å². The first-order valence-electron chi connectivity index (χ1n) is 11.9. The van der Waals surface area contributed by atoms with E-state index in [1.165, 1.54) is 6.07 Å². The van der Waals surface area contributed by atoms with Crippen LogP contribution in [0.25, 0.3) is 55.8 Å². The molecule has 0 radical (unpaired) electrons. The number of nitrogens with one attached hydrogen (secondary N) is 2. The summed E-state index contributed by atoms with van der Waals surface area (Å²) in [6.07, 6.45) is 4.95. The minimum Gasteiger partial charge on any atom is -0.353 e. The van der Waals surface area contributed by atoms with Gasteiger partial charge in [-0.1, -0.05) is 12.1 Å². The zero-order chi connectivity index (χ0) is 25.5. The molecule has 0 saturated heterocycles. The normalized spacial score (nSPS) is 12.6. The molecule has 184 valence electrons. The highest BCUT2D eigenvalue weighted by atomic mass is 19.1. The maximum absolute atomic E-state index is 14.7. The summed E-state index contributed by atoms with van der Waals surface area (Å²) in [5.41, 5.74) is 14.1. The van der Waals surface area contributed by atoms with Crippen LogP contribution in [0.1, 0.15) is 11.6 Å². The van der Waals surface area contributed by atoms with Gasteiger partial charge in [0.1, 0.15) is 22.7 Å². The van der Waals surface area contributed by atoms with Crippen molar-refractivity contribution < 1.29 is 4.39 Å². The van der Waals surface area contributed by atoms with E-state index >= 15 is 0 Å². The van der Waals surface area contributed by atoms with Crippen molar-refractivity contribution in [2.45, 2.75) is 6.04 Å². The average molecular weight is 493 g/mol. The van der Waals surface area contributed by atoms with Gasteiger partial charge < -0.3 is 15.6 Å². The highest BCUT2D eigenvalue weighted by Gasteiger charge is 2.17. The van der Waals surface area contributed by atoms with Crippen LogP contribution >= 0.6 is 0 Å². The number of aromatic amines is 2. The van der Waals surface area contributed by atoms with Crippen molar-refractivity contribution in [3.05, 3.63) is 84.6 Å². The monoisotopic (exact) mass is 492 g/mol. The third kappa shape index (κ3) is 4.35. The van der Waals surface area contributed by atoms with Crippen molar-refractivity contribution in [3.8, 4) is 33.9 Å². The molecule has 0 aliphatic carbocycles. The number of benzene rings is 2. The second-order valence-corrected chi connectivity index (χ2v) is 9.35. The summed E-state index contributed by atoms with van der Waals surface area (Å²) in [5.74, 6) is -0.312. The fourth-order valence-corrected chi connectivity index (χ4v) is 4.68. The maximum Gasteiger partial charge on any atom is 0.135 e. The molecule has 0 saturated carbocycles. The van der Waals surface area contributed by atoms with E-state index in [0.717, 1.165) is 44.3 Å². The third-order valence-electron chi connectivity index (χ3n) is 6.37. The van der Waals surface area contributed by atoms with Crippen LogP contribution in [0.15, 0.2) is 73.2 Å². The highest BCUT2D eigenvalue weighted by molar-refractivity contribution is 6.00. The molecule has 8 nitrogen and oxygen atoms in total. The number of pyridine rings is 1. The number of nitrogens with zero attached hydrogens (tertiary/aromatic N) is 5. The molecule has 0 fully saturated rings. The second-order valence-electron chi connectivity index (χ2n) is 9.35. The Labute approximate surface area is 212 Å². The van der Waals surface area contributed by atoms with Crippen LogP contribution in [0.4, 0.5) is 4.39 Å². The number of hydrogen-bond acceptors (Lipinski definition) is 6. The lowest BCUT2D eigenvalue weighted by atomic mass is 9.97. The van der Waals surface area contributed by atoms with Crippen LogP contribution in [0.3, 0.4) is 0 Å². The summed E-state index contributed by atoms with van der Waals surface area (Å²) in [7, 11) is 3.90. The van der Waals surface area contributed by atoms with Crippen molar-refractivity contribution >= 4 is 21.9 Å². The number of rotatable bonds is 6. The number of halogens is 1. The molecule has 37 heavy (non-hydrogen) atoms. The van der Waals surface area contributed by atoms with Crippen LogP contribution in [0.5, 0.6) is 0 Å². The standard InChI is InChI=1S/C28H25FN8/c1-37(2)15-21(30)17-10-16(11-18(29)12-17)19-4-3-5-22-20(19)13-25(33-22)28-27-24(35-36-28)7-6-23(34-27)26-14-31-8-9-32-26/h3-14,21,33H,15,30H2,1-2H3,(H,35,36). The van der Waals surface area contributed by atoms with Crippen molar-refractivity contribution in [2.75, 3.05) is 20.6 Å². The molecule has 9 heteroatoms. The zero-order valence-corrected chi connectivity index (χ0v) is 20.4. The lowest BCUT2D eigenvalue weighted by molar-refractivity contribution is 0.376. The molecule has 1 atom stereocenters. The number of fused-ring (bicyclic) bond motifs is 2. The van der Waals surface area contributed by atoms with E-state index in [-0.39, 0.29) is 11.9 Å². The van der Waals surface area contributed by atoms with E-state index in [0.29, 0.717) is 23.6 Å². The minimum atomic E-state index is -0.312. The van der Waals surface area contributed by atoms with Crippen LogP contribution in [-0.4, -0.2) is 55.7 Å². The lowest BCUT2D eigenvalue weighted by Gasteiger charge is -2.18. The minimum absolute atomic E-state index is 0.296. The smallest absolute Gasteiger partial charge is 0.135 e. The summed E-state index contributed by atoms with van der Waals surface area (Å²) in [4.78, 5) is 18.8. The molecule has 4 aromatic heterocycles. The predicted molar refractivity (Wildman–Crippen MR) is 143 cm³/mol. The van der Waals surface area contributed by atoms with Gasteiger partial charge in [-0.15, -0.1) is 0 Å². The largest absolute Gasteiger partial charge is 0.353 e. The summed E-state index contributed by atoms with van der Waals surface area (Å²) in [5, 5.41) is 8.56. The molecule has 6 aromatic rings. The molecule has 0 aliphatic heterocycles.